The molecule has 0 unspecified atom stereocenters. The Kier molecular flexibility index (Phi) is 8.00. The van der Waals surface area contributed by atoms with E-state index in [0.29, 0.717) is 23.4 Å². The first kappa shape index (κ1) is 23.4. The number of anilines is 2. The van der Waals surface area contributed by atoms with Gasteiger partial charge in [0, 0.05) is 18.7 Å². The molecule has 0 saturated heterocycles. The highest BCUT2D eigenvalue weighted by Gasteiger charge is 2.18. The van der Waals surface area contributed by atoms with Crippen molar-refractivity contribution in [2.45, 2.75) is 33.1 Å². The minimum atomic E-state index is -3.47. The summed E-state index contributed by atoms with van der Waals surface area (Å²) in [6.45, 7) is 4.05. The molecule has 2 aromatic rings. The molecule has 30 heavy (non-hydrogen) atoms. The molecule has 2 aromatic carbocycles. The lowest BCUT2D eigenvalue weighted by Crippen LogP contribution is -2.31. The number of carbonyl (C=O) groups excluding carboxylic acids is 2. The van der Waals surface area contributed by atoms with Crippen LogP contribution in [0.2, 0.25) is 0 Å². The minimum absolute atomic E-state index is 0.140. The number of aryl methyl sites for hydroxylation is 2. The fourth-order valence-electron chi connectivity index (χ4n) is 2.98. The Hall–Kier alpha value is -2.87. The van der Waals surface area contributed by atoms with E-state index in [4.69, 9.17) is 4.74 Å². The fourth-order valence-corrected chi connectivity index (χ4v) is 3.95. The third-order valence-electron chi connectivity index (χ3n) is 4.73. The zero-order valence-corrected chi connectivity index (χ0v) is 18.6. The summed E-state index contributed by atoms with van der Waals surface area (Å²) in [6, 6.07) is 12.3. The van der Waals surface area contributed by atoms with E-state index in [2.05, 4.69) is 5.32 Å². The zero-order valence-electron chi connectivity index (χ0n) is 17.8. The summed E-state index contributed by atoms with van der Waals surface area (Å²) < 4.78 is 30.4. The van der Waals surface area contributed by atoms with Gasteiger partial charge in [-0.25, -0.2) is 13.2 Å². The fraction of sp³-hybridized carbons (Fsp3) is 0.364. The minimum Gasteiger partial charge on any atom is -0.465 e. The van der Waals surface area contributed by atoms with Gasteiger partial charge in [0.25, 0.3) is 0 Å². The summed E-state index contributed by atoms with van der Waals surface area (Å²) in [5, 5.41) is 2.78. The van der Waals surface area contributed by atoms with Gasteiger partial charge in [0.15, 0.2) is 0 Å². The molecule has 0 fully saturated rings. The molecule has 7 nitrogen and oxygen atoms in total. The van der Waals surface area contributed by atoms with E-state index in [1.165, 1.54) is 11.4 Å². The van der Waals surface area contributed by atoms with Crippen LogP contribution in [0.3, 0.4) is 0 Å². The molecule has 2 rings (SSSR count). The Morgan fingerprint density at radius 2 is 1.77 bits per heavy atom. The van der Waals surface area contributed by atoms with Crippen molar-refractivity contribution in [3.8, 4) is 0 Å². The predicted molar refractivity (Wildman–Crippen MR) is 118 cm³/mol. The van der Waals surface area contributed by atoms with Crippen LogP contribution >= 0.6 is 0 Å². The van der Waals surface area contributed by atoms with Crippen LogP contribution in [0.25, 0.3) is 0 Å². The lowest BCUT2D eigenvalue weighted by atomic mass is 10.1. The first-order valence-electron chi connectivity index (χ1n) is 9.71. The maximum absolute atomic E-state index is 12.4. The van der Waals surface area contributed by atoms with Crippen molar-refractivity contribution < 1.29 is 22.7 Å². The van der Waals surface area contributed by atoms with E-state index in [0.717, 1.165) is 23.8 Å². The Morgan fingerprint density at radius 3 is 2.33 bits per heavy atom. The van der Waals surface area contributed by atoms with Gasteiger partial charge < -0.3 is 10.1 Å². The molecule has 0 aromatic heterocycles. The van der Waals surface area contributed by atoms with Crippen LogP contribution < -0.4 is 9.62 Å². The van der Waals surface area contributed by atoms with Crippen molar-refractivity contribution in [3.05, 3.63) is 59.2 Å². The molecule has 0 heterocycles. The number of sulfonamides is 1. The van der Waals surface area contributed by atoms with Gasteiger partial charge in [-0.05, 0) is 55.2 Å². The molecule has 1 N–H and O–H groups in total. The Labute approximate surface area is 178 Å². The highest BCUT2D eigenvalue weighted by Crippen LogP contribution is 2.21. The lowest BCUT2D eigenvalue weighted by molar-refractivity contribution is -0.116. The summed E-state index contributed by atoms with van der Waals surface area (Å²) in [4.78, 5) is 24.1. The second kappa shape index (κ2) is 10.2. The number of methoxy groups -OCH3 is 1. The molecule has 0 atom stereocenters. The molecule has 1 amide bonds. The number of carbonyl (C=O) groups is 2. The Morgan fingerprint density at radius 1 is 1.10 bits per heavy atom. The number of benzene rings is 2. The van der Waals surface area contributed by atoms with Crippen LogP contribution in [0.15, 0.2) is 42.5 Å². The quantitative estimate of drug-likeness (QED) is 0.612. The van der Waals surface area contributed by atoms with Crippen LogP contribution in [-0.4, -0.2) is 40.2 Å². The SMILES string of the molecule is CCc1ccc(N(CCCC(=O)Nc2cc(C(=O)OC)ccc2C)S(C)(=O)=O)cc1. The normalized spacial score (nSPS) is 11.1. The number of ether oxygens (including phenoxy) is 1. The topological polar surface area (TPSA) is 92.8 Å². The molecule has 8 heteroatoms. The summed E-state index contributed by atoms with van der Waals surface area (Å²) in [5.41, 5.74) is 3.38. The van der Waals surface area contributed by atoms with E-state index in [-0.39, 0.29) is 18.9 Å². The van der Waals surface area contributed by atoms with Crippen LogP contribution in [-0.2, 0) is 26.0 Å². The number of hydrogen-bond donors (Lipinski definition) is 1. The predicted octanol–water partition coefficient (Wildman–Crippen LogP) is 3.53. The van der Waals surface area contributed by atoms with E-state index in [1.807, 2.05) is 26.0 Å². The number of hydrogen-bond acceptors (Lipinski definition) is 5. The largest absolute Gasteiger partial charge is 0.465 e. The molecule has 0 aliphatic carbocycles. The van der Waals surface area contributed by atoms with E-state index >= 15 is 0 Å². The summed E-state index contributed by atoms with van der Waals surface area (Å²) in [7, 11) is -2.17. The second-order valence-corrected chi connectivity index (χ2v) is 8.93. The molecule has 162 valence electrons. The number of nitrogens with zero attached hydrogens (tertiary/aromatic N) is 1. The average Bonchev–Trinajstić information content (AvgIpc) is 2.71. The molecular weight excluding hydrogens is 404 g/mol. The number of nitrogens with one attached hydrogen (secondary N) is 1. The van der Waals surface area contributed by atoms with Crippen molar-refractivity contribution in [2.24, 2.45) is 0 Å². The third-order valence-corrected chi connectivity index (χ3v) is 5.92. The van der Waals surface area contributed by atoms with Crippen molar-refractivity contribution in [1.29, 1.82) is 0 Å². The van der Waals surface area contributed by atoms with Crippen LogP contribution in [0, 0.1) is 6.92 Å². The van der Waals surface area contributed by atoms with Gasteiger partial charge in [-0.1, -0.05) is 25.1 Å². The van der Waals surface area contributed by atoms with Crippen LogP contribution in [0.1, 0.15) is 41.3 Å². The molecule has 0 radical (unpaired) electrons. The van der Waals surface area contributed by atoms with Gasteiger partial charge in [0.1, 0.15) is 0 Å². The summed E-state index contributed by atoms with van der Waals surface area (Å²) in [5.74, 6) is -0.738. The Bertz CT molecular complexity index is 1000. The molecule has 0 saturated carbocycles. The van der Waals surface area contributed by atoms with Gasteiger partial charge in [-0.15, -0.1) is 0 Å². The average molecular weight is 433 g/mol. The van der Waals surface area contributed by atoms with Crippen LogP contribution in [0.4, 0.5) is 11.4 Å². The van der Waals surface area contributed by atoms with E-state index < -0.39 is 16.0 Å². The van der Waals surface area contributed by atoms with Crippen LogP contribution in [0.5, 0.6) is 0 Å². The number of esters is 1. The molecule has 0 bridgehead atoms. The summed E-state index contributed by atoms with van der Waals surface area (Å²) in [6.07, 6.45) is 2.52. The van der Waals surface area contributed by atoms with Gasteiger partial charge in [0.05, 0.1) is 24.6 Å². The standard InChI is InChI=1S/C22H28N2O5S/c1-5-17-9-12-19(13-10-17)24(30(4,27)28)14-6-7-21(25)23-20-15-18(22(26)29-3)11-8-16(20)2/h8-13,15H,5-7,14H2,1-4H3,(H,23,25). The second-order valence-electron chi connectivity index (χ2n) is 7.03. The maximum Gasteiger partial charge on any atom is 0.337 e. The van der Waals surface area contributed by atoms with E-state index in [1.54, 1.807) is 30.3 Å². The maximum atomic E-state index is 12.4. The number of rotatable bonds is 9. The van der Waals surface area contributed by atoms with Crippen molar-refractivity contribution in [2.75, 3.05) is 29.5 Å². The summed E-state index contributed by atoms with van der Waals surface area (Å²) >= 11 is 0. The monoisotopic (exact) mass is 432 g/mol. The van der Waals surface area contributed by atoms with Gasteiger partial charge >= 0.3 is 5.97 Å². The number of amides is 1. The van der Waals surface area contributed by atoms with E-state index in [9.17, 15) is 18.0 Å². The molecule has 0 aliphatic rings. The van der Waals surface area contributed by atoms with Crippen molar-refractivity contribution in [1.82, 2.24) is 0 Å². The smallest absolute Gasteiger partial charge is 0.337 e. The zero-order chi connectivity index (χ0) is 22.3. The van der Waals surface area contributed by atoms with Crippen molar-refractivity contribution >= 4 is 33.3 Å². The van der Waals surface area contributed by atoms with Gasteiger partial charge in [-0.2, -0.15) is 0 Å². The van der Waals surface area contributed by atoms with Crippen molar-refractivity contribution in [3.63, 3.8) is 0 Å². The molecule has 0 aliphatic heterocycles. The lowest BCUT2D eigenvalue weighted by Gasteiger charge is -2.22. The molecular formula is C22H28N2O5S. The third kappa shape index (κ3) is 6.32. The first-order valence-corrected chi connectivity index (χ1v) is 11.6. The molecule has 0 spiro atoms. The highest BCUT2D eigenvalue weighted by molar-refractivity contribution is 7.92. The first-order chi connectivity index (χ1) is 14.2. The highest BCUT2D eigenvalue weighted by atomic mass is 32.2. The van der Waals surface area contributed by atoms with Gasteiger partial charge in [0.2, 0.25) is 15.9 Å². The van der Waals surface area contributed by atoms with Gasteiger partial charge in [-0.3, -0.25) is 9.10 Å². The Balaban J connectivity index is 2.01.